The molecule has 0 aromatic carbocycles. The molecule has 0 radical (unpaired) electrons. The summed E-state index contributed by atoms with van der Waals surface area (Å²) in [6, 6.07) is 0. The Morgan fingerprint density at radius 2 is 1.86 bits per heavy atom. The standard InChI is InChI=1S/C8H9Cl2FN2O/c1-2-14-4-3-5-12-7(9)6(11)8(10)13-5/h2-4H2,1H3. The maximum Gasteiger partial charge on any atom is 0.197 e. The van der Waals surface area contributed by atoms with Crippen LogP contribution in [0.1, 0.15) is 12.7 Å². The van der Waals surface area contributed by atoms with Crippen molar-refractivity contribution in [1.82, 2.24) is 9.97 Å². The van der Waals surface area contributed by atoms with Gasteiger partial charge < -0.3 is 4.74 Å². The Bertz CT molecular complexity index is 299. The molecule has 1 aromatic rings. The fourth-order valence-corrected chi connectivity index (χ4v) is 1.28. The molecule has 0 spiro atoms. The van der Waals surface area contributed by atoms with E-state index in [2.05, 4.69) is 9.97 Å². The summed E-state index contributed by atoms with van der Waals surface area (Å²) < 4.78 is 18.0. The Hall–Kier alpha value is -0.450. The van der Waals surface area contributed by atoms with Crippen LogP contribution in [-0.4, -0.2) is 23.2 Å². The largest absolute Gasteiger partial charge is 0.381 e. The number of hydrogen-bond acceptors (Lipinski definition) is 3. The third kappa shape index (κ3) is 3.04. The molecule has 0 amide bonds. The maximum absolute atomic E-state index is 12.9. The van der Waals surface area contributed by atoms with Crippen LogP contribution in [0, 0.1) is 5.82 Å². The van der Waals surface area contributed by atoms with E-state index < -0.39 is 5.82 Å². The van der Waals surface area contributed by atoms with Gasteiger partial charge in [-0.05, 0) is 6.92 Å². The normalized spacial score (nSPS) is 10.6. The van der Waals surface area contributed by atoms with Crippen LogP contribution in [0.3, 0.4) is 0 Å². The zero-order valence-electron chi connectivity index (χ0n) is 7.56. The van der Waals surface area contributed by atoms with Crippen LogP contribution in [-0.2, 0) is 11.2 Å². The van der Waals surface area contributed by atoms with Crippen molar-refractivity contribution in [3.63, 3.8) is 0 Å². The highest BCUT2D eigenvalue weighted by Gasteiger charge is 2.10. The van der Waals surface area contributed by atoms with Gasteiger partial charge in [0, 0.05) is 13.0 Å². The number of ether oxygens (including phenoxy) is 1. The van der Waals surface area contributed by atoms with Crippen molar-refractivity contribution in [3.05, 3.63) is 21.9 Å². The highest BCUT2D eigenvalue weighted by atomic mass is 35.5. The Labute approximate surface area is 91.2 Å². The molecule has 0 aliphatic carbocycles. The molecule has 0 aliphatic heterocycles. The van der Waals surface area contributed by atoms with Gasteiger partial charge in [-0.25, -0.2) is 14.4 Å². The zero-order valence-corrected chi connectivity index (χ0v) is 9.07. The molecular formula is C8H9Cl2FN2O. The van der Waals surface area contributed by atoms with Crippen LogP contribution < -0.4 is 0 Å². The van der Waals surface area contributed by atoms with Gasteiger partial charge in [-0.3, -0.25) is 0 Å². The second-order valence-corrected chi connectivity index (χ2v) is 3.20. The predicted octanol–water partition coefficient (Wildman–Crippen LogP) is 2.50. The minimum atomic E-state index is -0.784. The van der Waals surface area contributed by atoms with E-state index in [1.807, 2.05) is 6.92 Å². The molecule has 0 fully saturated rings. The summed E-state index contributed by atoms with van der Waals surface area (Å²) in [5.41, 5.74) is 0. The molecule has 1 rings (SSSR count). The predicted molar refractivity (Wildman–Crippen MR) is 52.2 cm³/mol. The van der Waals surface area contributed by atoms with E-state index in [-0.39, 0.29) is 10.3 Å². The van der Waals surface area contributed by atoms with Gasteiger partial charge in [0.25, 0.3) is 0 Å². The Morgan fingerprint density at radius 3 is 2.36 bits per heavy atom. The van der Waals surface area contributed by atoms with Crippen molar-refractivity contribution in [3.8, 4) is 0 Å². The maximum atomic E-state index is 12.9. The Balaban J connectivity index is 2.69. The van der Waals surface area contributed by atoms with Gasteiger partial charge in [-0.15, -0.1) is 0 Å². The van der Waals surface area contributed by atoms with Crippen LogP contribution in [0.25, 0.3) is 0 Å². The van der Waals surface area contributed by atoms with Crippen molar-refractivity contribution in [2.24, 2.45) is 0 Å². The monoisotopic (exact) mass is 238 g/mol. The fourth-order valence-electron chi connectivity index (χ4n) is 0.854. The summed E-state index contributed by atoms with van der Waals surface area (Å²) in [7, 11) is 0. The van der Waals surface area contributed by atoms with Crippen molar-refractivity contribution < 1.29 is 9.13 Å². The lowest BCUT2D eigenvalue weighted by atomic mass is 10.4. The summed E-state index contributed by atoms with van der Waals surface area (Å²) in [6.07, 6.45) is 0.466. The third-order valence-electron chi connectivity index (χ3n) is 1.49. The first kappa shape index (κ1) is 11.6. The first-order valence-electron chi connectivity index (χ1n) is 4.10. The average molecular weight is 239 g/mol. The van der Waals surface area contributed by atoms with Crippen molar-refractivity contribution >= 4 is 23.2 Å². The van der Waals surface area contributed by atoms with E-state index >= 15 is 0 Å². The minimum Gasteiger partial charge on any atom is -0.381 e. The van der Waals surface area contributed by atoms with Gasteiger partial charge >= 0.3 is 0 Å². The summed E-state index contributed by atoms with van der Waals surface area (Å²) >= 11 is 11.0. The number of aromatic nitrogens is 2. The molecule has 0 unspecified atom stereocenters. The topological polar surface area (TPSA) is 35.0 Å². The number of hydrogen-bond donors (Lipinski definition) is 0. The van der Waals surface area contributed by atoms with E-state index in [0.29, 0.717) is 25.5 Å². The van der Waals surface area contributed by atoms with Gasteiger partial charge in [0.2, 0.25) is 0 Å². The Kier molecular flexibility index (Phi) is 4.51. The lowest BCUT2D eigenvalue weighted by Crippen LogP contribution is -2.04. The lowest BCUT2D eigenvalue weighted by molar-refractivity contribution is 0.149. The molecule has 0 saturated heterocycles. The Morgan fingerprint density at radius 1 is 1.29 bits per heavy atom. The van der Waals surface area contributed by atoms with Gasteiger partial charge in [-0.1, -0.05) is 23.2 Å². The molecule has 0 atom stereocenters. The summed E-state index contributed by atoms with van der Waals surface area (Å²) in [5.74, 6) is -0.400. The number of rotatable bonds is 4. The van der Waals surface area contributed by atoms with Crippen molar-refractivity contribution in [2.75, 3.05) is 13.2 Å². The highest BCUT2D eigenvalue weighted by Crippen LogP contribution is 2.18. The molecule has 0 saturated carbocycles. The zero-order chi connectivity index (χ0) is 10.6. The van der Waals surface area contributed by atoms with Crippen molar-refractivity contribution in [1.29, 1.82) is 0 Å². The van der Waals surface area contributed by atoms with Crippen LogP contribution in [0.5, 0.6) is 0 Å². The van der Waals surface area contributed by atoms with Crippen LogP contribution in [0.2, 0.25) is 10.3 Å². The average Bonchev–Trinajstić information content (AvgIpc) is 2.14. The van der Waals surface area contributed by atoms with E-state index in [0.717, 1.165) is 0 Å². The van der Waals surface area contributed by atoms with Crippen LogP contribution >= 0.6 is 23.2 Å². The van der Waals surface area contributed by atoms with Crippen molar-refractivity contribution in [2.45, 2.75) is 13.3 Å². The van der Waals surface area contributed by atoms with Gasteiger partial charge in [0.15, 0.2) is 16.1 Å². The van der Waals surface area contributed by atoms with E-state index in [1.54, 1.807) is 0 Å². The van der Waals surface area contributed by atoms with E-state index in [4.69, 9.17) is 27.9 Å². The molecule has 6 heteroatoms. The molecule has 3 nitrogen and oxygen atoms in total. The quantitative estimate of drug-likeness (QED) is 0.598. The molecule has 0 aliphatic rings. The molecule has 78 valence electrons. The summed E-state index contributed by atoms with van der Waals surface area (Å²) in [5, 5.41) is -0.506. The smallest absolute Gasteiger partial charge is 0.197 e. The first-order valence-corrected chi connectivity index (χ1v) is 4.86. The number of nitrogens with zero attached hydrogens (tertiary/aromatic N) is 2. The third-order valence-corrected chi connectivity index (χ3v) is 1.99. The molecule has 1 heterocycles. The second kappa shape index (κ2) is 5.44. The first-order chi connectivity index (χ1) is 6.65. The molecule has 1 aromatic heterocycles. The second-order valence-electron chi connectivity index (χ2n) is 2.48. The SMILES string of the molecule is CCOCCc1nc(Cl)c(F)c(Cl)n1. The molecular weight excluding hydrogens is 230 g/mol. The van der Waals surface area contributed by atoms with Crippen LogP contribution in [0.4, 0.5) is 4.39 Å². The molecule has 0 N–H and O–H groups in total. The highest BCUT2D eigenvalue weighted by molar-refractivity contribution is 6.33. The number of halogens is 3. The molecule has 0 bridgehead atoms. The van der Waals surface area contributed by atoms with E-state index in [9.17, 15) is 4.39 Å². The fraction of sp³-hybridized carbons (Fsp3) is 0.500. The lowest BCUT2D eigenvalue weighted by Gasteiger charge is -2.02. The van der Waals surface area contributed by atoms with Gasteiger partial charge in [0.1, 0.15) is 5.82 Å². The minimum absolute atomic E-state index is 0.253. The van der Waals surface area contributed by atoms with E-state index in [1.165, 1.54) is 0 Å². The van der Waals surface area contributed by atoms with Gasteiger partial charge in [0.05, 0.1) is 6.61 Å². The van der Waals surface area contributed by atoms with Crippen LogP contribution in [0.15, 0.2) is 0 Å². The summed E-state index contributed by atoms with van der Waals surface area (Å²) in [6.45, 7) is 2.96. The summed E-state index contributed by atoms with van der Waals surface area (Å²) in [4.78, 5) is 7.44. The molecule has 14 heavy (non-hydrogen) atoms. The van der Waals surface area contributed by atoms with Gasteiger partial charge in [-0.2, -0.15) is 0 Å².